The summed E-state index contributed by atoms with van der Waals surface area (Å²) in [6.45, 7) is 2.52. The smallest absolute Gasteiger partial charge is 0.241 e. The van der Waals surface area contributed by atoms with Gasteiger partial charge in [0.15, 0.2) is 0 Å². The average molecular weight is 310 g/mol. The van der Waals surface area contributed by atoms with Gasteiger partial charge in [0.2, 0.25) is 10.0 Å². The zero-order chi connectivity index (χ0) is 15.0. The maximum absolute atomic E-state index is 12.7. The van der Waals surface area contributed by atoms with Gasteiger partial charge in [0.25, 0.3) is 0 Å². The molecule has 116 valence electrons. The molecule has 3 rings (SSSR count). The van der Waals surface area contributed by atoms with Crippen molar-refractivity contribution in [3.63, 3.8) is 0 Å². The summed E-state index contributed by atoms with van der Waals surface area (Å²) < 4.78 is 33.9. The number of benzene rings is 1. The first-order chi connectivity index (χ1) is 10.0. The van der Waals surface area contributed by atoms with E-state index >= 15 is 0 Å². The Labute approximate surface area is 126 Å². The van der Waals surface area contributed by atoms with E-state index in [1.807, 2.05) is 20.0 Å². The highest BCUT2D eigenvalue weighted by Crippen LogP contribution is 2.35. The fraction of sp³-hybridized carbons (Fsp3) is 0.600. The van der Waals surface area contributed by atoms with E-state index in [1.165, 1.54) is 0 Å². The molecule has 1 aromatic rings. The molecule has 5 nitrogen and oxygen atoms in total. The number of nitrogens with one attached hydrogen (secondary N) is 2. The zero-order valence-corrected chi connectivity index (χ0v) is 13.2. The van der Waals surface area contributed by atoms with Crippen molar-refractivity contribution < 1.29 is 13.2 Å². The van der Waals surface area contributed by atoms with E-state index in [2.05, 4.69) is 10.0 Å². The van der Waals surface area contributed by atoms with Crippen molar-refractivity contribution in [1.82, 2.24) is 10.0 Å². The lowest BCUT2D eigenvalue weighted by Crippen LogP contribution is -2.41. The van der Waals surface area contributed by atoms with Crippen LogP contribution in [-0.4, -0.2) is 33.7 Å². The summed E-state index contributed by atoms with van der Waals surface area (Å²) in [7, 11) is -1.64. The third-order valence-corrected chi connectivity index (χ3v) is 6.10. The predicted molar refractivity (Wildman–Crippen MR) is 80.6 cm³/mol. The molecule has 2 aliphatic rings. The van der Waals surface area contributed by atoms with Crippen LogP contribution < -0.4 is 10.0 Å². The predicted octanol–water partition coefficient (Wildman–Crippen LogP) is 1.31. The SMILES string of the molecule is CNCc1cccc(S(=O)(=O)NC2CC3CCC2O3)c1C. The maximum Gasteiger partial charge on any atom is 0.241 e. The number of ether oxygens (including phenoxy) is 1. The lowest BCUT2D eigenvalue weighted by molar-refractivity contribution is 0.0996. The summed E-state index contributed by atoms with van der Waals surface area (Å²) in [5.41, 5.74) is 1.81. The highest BCUT2D eigenvalue weighted by Gasteiger charge is 2.42. The van der Waals surface area contributed by atoms with Gasteiger partial charge >= 0.3 is 0 Å². The Bertz CT molecular complexity index is 630. The van der Waals surface area contributed by atoms with Gasteiger partial charge in [-0.2, -0.15) is 0 Å². The first-order valence-corrected chi connectivity index (χ1v) is 8.90. The minimum Gasteiger partial charge on any atom is -0.373 e. The van der Waals surface area contributed by atoms with Crippen LogP contribution in [0.1, 0.15) is 30.4 Å². The monoisotopic (exact) mass is 310 g/mol. The molecule has 0 aromatic heterocycles. The molecule has 2 aliphatic heterocycles. The largest absolute Gasteiger partial charge is 0.373 e. The Morgan fingerprint density at radius 1 is 1.33 bits per heavy atom. The minimum atomic E-state index is -3.50. The van der Waals surface area contributed by atoms with E-state index < -0.39 is 10.0 Å². The molecule has 21 heavy (non-hydrogen) atoms. The number of hydrogen-bond donors (Lipinski definition) is 2. The number of hydrogen-bond acceptors (Lipinski definition) is 4. The third kappa shape index (κ3) is 2.85. The van der Waals surface area contributed by atoms with Gasteiger partial charge in [-0.1, -0.05) is 12.1 Å². The van der Waals surface area contributed by atoms with Crippen LogP contribution >= 0.6 is 0 Å². The molecule has 0 radical (unpaired) electrons. The molecule has 2 saturated heterocycles. The van der Waals surface area contributed by atoms with Crippen molar-refractivity contribution in [2.75, 3.05) is 7.05 Å². The van der Waals surface area contributed by atoms with E-state index in [1.54, 1.807) is 12.1 Å². The highest BCUT2D eigenvalue weighted by molar-refractivity contribution is 7.89. The van der Waals surface area contributed by atoms with Gasteiger partial charge in [-0.05, 0) is 50.4 Å². The molecule has 2 bridgehead atoms. The van der Waals surface area contributed by atoms with Crippen molar-refractivity contribution in [3.05, 3.63) is 29.3 Å². The van der Waals surface area contributed by atoms with Gasteiger partial charge in [0.1, 0.15) is 0 Å². The molecule has 1 aromatic carbocycles. The van der Waals surface area contributed by atoms with E-state index in [0.717, 1.165) is 30.4 Å². The first-order valence-electron chi connectivity index (χ1n) is 7.42. The second kappa shape index (κ2) is 5.68. The van der Waals surface area contributed by atoms with Gasteiger partial charge < -0.3 is 10.1 Å². The van der Waals surface area contributed by atoms with E-state index in [-0.39, 0.29) is 18.2 Å². The third-order valence-electron chi connectivity index (χ3n) is 4.47. The molecule has 0 aliphatic carbocycles. The summed E-state index contributed by atoms with van der Waals surface area (Å²) >= 11 is 0. The number of fused-ring (bicyclic) bond motifs is 2. The second-order valence-corrected chi connectivity index (χ2v) is 7.59. The molecular weight excluding hydrogens is 288 g/mol. The quantitative estimate of drug-likeness (QED) is 0.860. The second-order valence-electron chi connectivity index (χ2n) is 5.91. The normalized spacial score (nSPS) is 28.2. The Hall–Kier alpha value is -0.950. The minimum absolute atomic E-state index is 0.0468. The van der Waals surface area contributed by atoms with Crippen molar-refractivity contribution in [3.8, 4) is 0 Å². The van der Waals surface area contributed by atoms with Crippen LogP contribution in [-0.2, 0) is 21.3 Å². The Kier molecular flexibility index (Phi) is 4.05. The summed E-state index contributed by atoms with van der Waals surface area (Å²) in [5.74, 6) is 0. The summed E-state index contributed by atoms with van der Waals surface area (Å²) in [5, 5.41) is 3.06. The highest BCUT2D eigenvalue weighted by atomic mass is 32.2. The molecule has 3 atom stereocenters. The van der Waals surface area contributed by atoms with Crippen LogP contribution in [0, 0.1) is 6.92 Å². The van der Waals surface area contributed by atoms with E-state index in [4.69, 9.17) is 4.74 Å². The lowest BCUT2D eigenvalue weighted by Gasteiger charge is -2.21. The summed E-state index contributed by atoms with van der Waals surface area (Å²) in [6, 6.07) is 5.34. The van der Waals surface area contributed by atoms with Crippen molar-refractivity contribution in [2.45, 2.75) is 55.9 Å². The van der Waals surface area contributed by atoms with Crippen LogP contribution in [0.4, 0.5) is 0 Å². The standard InChI is InChI=1S/C15H22N2O3S/c1-10-11(9-16-2)4-3-5-15(10)21(18,19)17-13-8-12-6-7-14(13)20-12/h3-5,12-14,16-17H,6-9H2,1-2H3. The van der Waals surface area contributed by atoms with E-state index in [0.29, 0.717) is 11.4 Å². The van der Waals surface area contributed by atoms with Gasteiger partial charge in [-0.25, -0.2) is 13.1 Å². The Morgan fingerprint density at radius 3 is 2.76 bits per heavy atom. The molecule has 0 saturated carbocycles. The molecule has 2 N–H and O–H groups in total. The van der Waals surface area contributed by atoms with Crippen LogP contribution in [0.2, 0.25) is 0 Å². The van der Waals surface area contributed by atoms with Crippen molar-refractivity contribution in [2.24, 2.45) is 0 Å². The van der Waals surface area contributed by atoms with Crippen LogP contribution in [0.25, 0.3) is 0 Å². The lowest BCUT2D eigenvalue weighted by atomic mass is 9.96. The molecular formula is C15H22N2O3S. The molecule has 0 spiro atoms. The molecule has 3 unspecified atom stereocenters. The fourth-order valence-electron chi connectivity index (χ4n) is 3.36. The molecule has 2 fully saturated rings. The van der Waals surface area contributed by atoms with Gasteiger partial charge in [-0.3, -0.25) is 0 Å². The number of sulfonamides is 1. The van der Waals surface area contributed by atoms with Crippen molar-refractivity contribution in [1.29, 1.82) is 0 Å². The van der Waals surface area contributed by atoms with E-state index in [9.17, 15) is 8.42 Å². The molecule has 6 heteroatoms. The first kappa shape index (κ1) is 15.0. The fourth-order valence-corrected chi connectivity index (χ4v) is 4.92. The number of rotatable bonds is 5. The summed E-state index contributed by atoms with van der Waals surface area (Å²) in [4.78, 5) is 0.373. The molecule has 0 amide bonds. The topological polar surface area (TPSA) is 67.4 Å². The maximum atomic E-state index is 12.7. The Morgan fingerprint density at radius 2 is 2.14 bits per heavy atom. The van der Waals surface area contributed by atoms with Crippen molar-refractivity contribution >= 4 is 10.0 Å². The van der Waals surface area contributed by atoms with Gasteiger partial charge in [-0.15, -0.1) is 0 Å². The zero-order valence-electron chi connectivity index (χ0n) is 12.4. The van der Waals surface area contributed by atoms with Gasteiger partial charge in [0.05, 0.1) is 23.1 Å². The Balaban J connectivity index is 1.83. The molecule has 2 heterocycles. The van der Waals surface area contributed by atoms with Gasteiger partial charge in [0, 0.05) is 6.54 Å². The van der Waals surface area contributed by atoms with Crippen LogP contribution in [0.3, 0.4) is 0 Å². The summed E-state index contributed by atoms with van der Waals surface area (Å²) in [6.07, 6.45) is 3.08. The average Bonchev–Trinajstić information content (AvgIpc) is 3.03. The van der Waals surface area contributed by atoms with Crippen LogP contribution in [0.15, 0.2) is 23.1 Å². The van der Waals surface area contributed by atoms with Crippen LogP contribution in [0.5, 0.6) is 0 Å².